The van der Waals surface area contributed by atoms with Gasteiger partial charge in [-0.05, 0) is 37.0 Å². The third-order valence-electron chi connectivity index (χ3n) is 5.04. The average molecular weight is 433 g/mol. The van der Waals surface area contributed by atoms with Crippen LogP contribution < -0.4 is 9.54 Å². The molecule has 0 bridgehead atoms. The van der Waals surface area contributed by atoms with Gasteiger partial charge in [0.25, 0.3) is 0 Å². The summed E-state index contributed by atoms with van der Waals surface area (Å²) in [6.45, 7) is 1.27. The summed E-state index contributed by atoms with van der Waals surface area (Å²) in [6.07, 6.45) is 10.3. The first-order chi connectivity index (χ1) is 14.2. The molecule has 3 rings (SSSR count). The molecule has 8 heteroatoms. The first-order valence-corrected chi connectivity index (χ1v) is 10.9. The van der Waals surface area contributed by atoms with Crippen LogP contribution in [0.3, 0.4) is 0 Å². The van der Waals surface area contributed by atoms with E-state index in [0.29, 0.717) is 35.4 Å². The zero-order valence-electron chi connectivity index (χ0n) is 16.7. The predicted octanol–water partition coefficient (Wildman–Crippen LogP) is 4.73. The van der Waals surface area contributed by atoms with Gasteiger partial charge in [-0.3, -0.25) is 0 Å². The van der Waals surface area contributed by atoms with Gasteiger partial charge in [-0.25, -0.2) is 0 Å². The molecule has 1 saturated carbocycles. The van der Waals surface area contributed by atoms with Crippen LogP contribution in [0.4, 0.5) is 0 Å². The molecule has 0 amide bonds. The highest BCUT2D eigenvalue weighted by Gasteiger charge is 2.19. The van der Waals surface area contributed by atoms with Crippen molar-refractivity contribution in [1.82, 2.24) is 4.57 Å². The van der Waals surface area contributed by atoms with Gasteiger partial charge in [0.05, 0.1) is 19.3 Å². The number of benzene rings is 1. The van der Waals surface area contributed by atoms with Gasteiger partial charge in [-0.1, -0.05) is 30.9 Å². The topological polar surface area (TPSA) is 71.9 Å². The van der Waals surface area contributed by atoms with E-state index in [4.69, 9.17) is 26.1 Å². The molecule has 1 fully saturated rings. The Labute approximate surface area is 180 Å². The summed E-state index contributed by atoms with van der Waals surface area (Å²) in [4.78, 5) is 10.8. The number of aliphatic imine (C=N–C) groups is 1. The highest BCUT2D eigenvalue weighted by Crippen LogP contribution is 2.34. The maximum atomic E-state index is 9.23. The SMILES string of the molecule is COCCn1cc(C2CCCCC2)s/c1=N\C(=N/C#N)c1cc(Cl)ccc1OC. The fourth-order valence-corrected chi connectivity index (χ4v) is 4.91. The monoisotopic (exact) mass is 432 g/mol. The summed E-state index contributed by atoms with van der Waals surface area (Å²) in [5, 5.41) is 9.76. The Kier molecular flexibility index (Phi) is 7.87. The molecule has 1 heterocycles. The molecule has 0 radical (unpaired) electrons. The van der Waals surface area contributed by atoms with E-state index in [1.807, 2.05) is 6.19 Å². The van der Waals surface area contributed by atoms with Gasteiger partial charge in [-0.2, -0.15) is 15.2 Å². The van der Waals surface area contributed by atoms with Gasteiger partial charge in [-0.15, -0.1) is 11.3 Å². The summed E-state index contributed by atoms with van der Waals surface area (Å²) < 4.78 is 12.8. The predicted molar refractivity (Wildman–Crippen MR) is 116 cm³/mol. The quantitative estimate of drug-likeness (QED) is 0.376. The lowest BCUT2D eigenvalue weighted by Crippen LogP contribution is -2.19. The molecule has 1 aliphatic rings. The Morgan fingerprint density at radius 2 is 2.10 bits per heavy atom. The number of amidine groups is 1. The van der Waals surface area contributed by atoms with Crippen molar-refractivity contribution in [3.8, 4) is 11.9 Å². The van der Waals surface area contributed by atoms with Crippen molar-refractivity contribution in [1.29, 1.82) is 5.26 Å². The molecule has 1 aliphatic carbocycles. The van der Waals surface area contributed by atoms with Gasteiger partial charge in [0.1, 0.15) is 5.75 Å². The van der Waals surface area contributed by atoms with Crippen LogP contribution in [0, 0.1) is 11.5 Å². The van der Waals surface area contributed by atoms with E-state index in [-0.39, 0.29) is 5.84 Å². The molecule has 29 heavy (non-hydrogen) atoms. The summed E-state index contributed by atoms with van der Waals surface area (Å²) in [5.74, 6) is 1.43. The summed E-state index contributed by atoms with van der Waals surface area (Å²) in [6, 6.07) is 5.20. The van der Waals surface area contributed by atoms with Crippen molar-refractivity contribution < 1.29 is 9.47 Å². The molecular formula is C21H25ClN4O2S. The number of hydrogen-bond donors (Lipinski definition) is 0. The molecule has 1 aromatic carbocycles. The molecule has 1 aromatic heterocycles. The number of nitriles is 1. The minimum Gasteiger partial charge on any atom is -0.496 e. The molecule has 0 unspecified atom stereocenters. The van der Waals surface area contributed by atoms with E-state index in [0.717, 1.165) is 4.80 Å². The Hall–Kier alpha value is -2.14. The maximum absolute atomic E-state index is 9.23. The van der Waals surface area contributed by atoms with Crippen molar-refractivity contribution in [2.45, 2.75) is 44.6 Å². The second-order valence-corrected chi connectivity index (χ2v) is 8.41. The van der Waals surface area contributed by atoms with Crippen LogP contribution >= 0.6 is 22.9 Å². The van der Waals surface area contributed by atoms with Crippen LogP contribution in [0.25, 0.3) is 0 Å². The molecule has 0 spiro atoms. The standard InChI is InChI=1S/C21H25ClN4O2S/c1-27-11-10-26-13-19(15-6-4-3-5-7-15)29-21(26)25-20(24-14-23)17-12-16(22)8-9-18(17)28-2/h8-9,12-13,15H,3-7,10-11H2,1-2H3/b24-20-,25-21-. The highest BCUT2D eigenvalue weighted by molar-refractivity contribution is 7.09. The van der Waals surface area contributed by atoms with Crippen molar-refractivity contribution in [3.63, 3.8) is 0 Å². The van der Waals surface area contributed by atoms with Crippen molar-refractivity contribution >= 4 is 28.8 Å². The van der Waals surface area contributed by atoms with Gasteiger partial charge in [0.15, 0.2) is 10.6 Å². The Balaban J connectivity index is 2.07. The molecular weight excluding hydrogens is 408 g/mol. The van der Waals surface area contributed by atoms with E-state index in [1.165, 1.54) is 37.0 Å². The minimum absolute atomic E-state index is 0.287. The van der Waals surface area contributed by atoms with E-state index in [9.17, 15) is 5.26 Å². The highest BCUT2D eigenvalue weighted by atomic mass is 35.5. The Morgan fingerprint density at radius 3 is 2.79 bits per heavy atom. The van der Waals surface area contributed by atoms with Crippen molar-refractivity contribution in [2.24, 2.45) is 9.98 Å². The number of halogens is 1. The summed E-state index contributed by atoms with van der Waals surface area (Å²) in [5.41, 5.74) is 0.590. The first kappa shape index (κ1) is 21.6. The molecule has 154 valence electrons. The zero-order valence-corrected chi connectivity index (χ0v) is 18.3. The lowest BCUT2D eigenvalue weighted by Gasteiger charge is -2.19. The number of hydrogen-bond acceptors (Lipinski definition) is 5. The number of rotatable bonds is 6. The lowest BCUT2D eigenvalue weighted by molar-refractivity contribution is 0.186. The molecule has 0 N–H and O–H groups in total. The van der Waals surface area contributed by atoms with Gasteiger partial charge < -0.3 is 14.0 Å². The molecule has 0 aliphatic heterocycles. The fraction of sp³-hybridized carbons (Fsp3) is 0.476. The zero-order chi connectivity index (χ0) is 20.6. The van der Waals surface area contributed by atoms with E-state index in [2.05, 4.69) is 15.8 Å². The first-order valence-electron chi connectivity index (χ1n) is 9.70. The normalized spacial score (nSPS) is 16.1. The third-order valence-corrected chi connectivity index (χ3v) is 6.46. The Bertz CT molecular complexity index is 968. The minimum atomic E-state index is 0.287. The summed E-state index contributed by atoms with van der Waals surface area (Å²) in [7, 11) is 3.26. The fourth-order valence-electron chi connectivity index (χ4n) is 3.55. The van der Waals surface area contributed by atoms with Crippen LogP contribution in [-0.4, -0.2) is 31.2 Å². The molecule has 0 atom stereocenters. The van der Waals surface area contributed by atoms with Crippen molar-refractivity contribution in [3.05, 3.63) is 44.7 Å². The largest absolute Gasteiger partial charge is 0.496 e. The number of methoxy groups -OCH3 is 2. The molecule has 0 saturated heterocycles. The van der Waals surface area contributed by atoms with E-state index >= 15 is 0 Å². The van der Waals surface area contributed by atoms with E-state index in [1.54, 1.807) is 43.8 Å². The van der Waals surface area contributed by atoms with Crippen LogP contribution in [0.15, 0.2) is 34.4 Å². The molecule has 2 aromatic rings. The third kappa shape index (κ3) is 5.47. The average Bonchev–Trinajstić information content (AvgIpc) is 3.15. The van der Waals surface area contributed by atoms with Crippen LogP contribution in [-0.2, 0) is 11.3 Å². The number of thiazole rings is 1. The van der Waals surface area contributed by atoms with Gasteiger partial charge in [0, 0.05) is 29.8 Å². The second-order valence-electron chi connectivity index (χ2n) is 6.93. The lowest BCUT2D eigenvalue weighted by atomic mass is 9.88. The molecule has 6 nitrogen and oxygen atoms in total. The maximum Gasteiger partial charge on any atom is 0.207 e. The smallest absolute Gasteiger partial charge is 0.207 e. The van der Waals surface area contributed by atoms with Crippen LogP contribution in [0.5, 0.6) is 5.75 Å². The number of aromatic nitrogens is 1. The number of nitrogens with zero attached hydrogens (tertiary/aromatic N) is 4. The van der Waals surface area contributed by atoms with Crippen molar-refractivity contribution in [2.75, 3.05) is 20.8 Å². The van der Waals surface area contributed by atoms with Gasteiger partial charge >= 0.3 is 0 Å². The van der Waals surface area contributed by atoms with Crippen LogP contribution in [0.2, 0.25) is 5.02 Å². The van der Waals surface area contributed by atoms with E-state index < -0.39 is 0 Å². The second kappa shape index (κ2) is 10.6. The number of ether oxygens (including phenoxy) is 2. The Morgan fingerprint density at radius 1 is 1.31 bits per heavy atom. The van der Waals surface area contributed by atoms with Crippen LogP contribution in [0.1, 0.15) is 48.5 Å². The summed E-state index contributed by atoms with van der Waals surface area (Å²) >= 11 is 7.83. The van der Waals surface area contributed by atoms with Gasteiger partial charge in [0.2, 0.25) is 6.19 Å².